The maximum atomic E-state index is 4.52. The van der Waals surface area contributed by atoms with Crippen LogP contribution in [-0.2, 0) is 13.0 Å². The minimum atomic E-state index is 0.391. The largest absolute Gasteiger partial charge is 0.380 e. The first-order valence-electron chi connectivity index (χ1n) is 10.7. The van der Waals surface area contributed by atoms with Crippen molar-refractivity contribution in [2.75, 3.05) is 48.3 Å². The number of para-hydroxylation sites is 1. The van der Waals surface area contributed by atoms with Crippen molar-refractivity contribution in [1.82, 2.24) is 14.9 Å². The van der Waals surface area contributed by atoms with Gasteiger partial charge >= 0.3 is 0 Å². The standard InChI is InChI=1S/C24H28N6/c1-2-6-19(7-3-1)17-29-10-12-30(13-11-29)24-15-23(26-18-27-24)25-16-21-14-20-8-4-5-9-22(20)28-21/h1-9,15,18,21,28H,10-14,16-17H2,(H,25,26,27). The summed E-state index contributed by atoms with van der Waals surface area (Å²) in [4.78, 5) is 13.8. The van der Waals surface area contributed by atoms with Crippen molar-refractivity contribution in [2.24, 2.45) is 0 Å². The molecule has 1 fully saturated rings. The highest BCUT2D eigenvalue weighted by Gasteiger charge is 2.21. The van der Waals surface area contributed by atoms with Gasteiger partial charge < -0.3 is 15.5 Å². The van der Waals surface area contributed by atoms with Crippen LogP contribution in [-0.4, -0.2) is 53.6 Å². The highest BCUT2D eigenvalue weighted by Crippen LogP contribution is 2.25. The molecule has 5 rings (SSSR count). The summed E-state index contributed by atoms with van der Waals surface area (Å²) in [5.41, 5.74) is 4.02. The SMILES string of the molecule is c1ccc(CN2CCN(c3cc(NCC4Cc5ccccc5N4)ncn3)CC2)cc1. The van der Waals surface area contributed by atoms with Gasteiger partial charge in [-0.05, 0) is 23.6 Å². The van der Waals surface area contributed by atoms with Gasteiger partial charge in [0.15, 0.2) is 0 Å². The molecule has 0 aliphatic carbocycles. The summed E-state index contributed by atoms with van der Waals surface area (Å²) in [6.45, 7) is 5.93. The Morgan fingerprint density at radius 2 is 1.73 bits per heavy atom. The molecule has 6 heteroatoms. The molecule has 1 unspecified atom stereocenters. The van der Waals surface area contributed by atoms with Crippen LogP contribution in [0.25, 0.3) is 0 Å². The van der Waals surface area contributed by atoms with Crippen LogP contribution >= 0.6 is 0 Å². The zero-order chi connectivity index (χ0) is 20.2. The van der Waals surface area contributed by atoms with E-state index in [1.807, 2.05) is 0 Å². The third-order valence-corrected chi connectivity index (χ3v) is 5.97. The molecule has 2 aliphatic rings. The summed E-state index contributed by atoms with van der Waals surface area (Å²) in [5.74, 6) is 1.90. The van der Waals surface area contributed by atoms with E-state index < -0.39 is 0 Å². The smallest absolute Gasteiger partial charge is 0.134 e. The van der Waals surface area contributed by atoms with Crippen LogP contribution in [0, 0.1) is 0 Å². The Kier molecular flexibility index (Phi) is 5.48. The Bertz CT molecular complexity index is 943. The van der Waals surface area contributed by atoms with Crippen LogP contribution in [0.3, 0.4) is 0 Å². The second-order valence-corrected chi connectivity index (χ2v) is 8.09. The second-order valence-electron chi connectivity index (χ2n) is 8.09. The topological polar surface area (TPSA) is 56.3 Å². The molecule has 0 radical (unpaired) electrons. The number of hydrogen-bond donors (Lipinski definition) is 2. The van der Waals surface area contributed by atoms with E-state index in [0.29, 0.717) is 6.04 Å². The van der Waals surface area contributed by atoms with Crippen molar-refractivity contribution in [3.05, 3.63) is 78.1 Å². The maximum Gasteiger partial charge on any atom is 0.134 e. The van der Waals surface area contributed by atoms with Gasteiger partial charge in [-0.1, -0.05) is 48.5 Å². The number of benzene rings is 2. The molecule has 3 heterocycles. The maximum absolute atomic E-state index is 4.52. The summed E-state index contributed by atoms with van der Waals surface area (Å²) in [5, 5.41) is 7.08. The highest BCUT2D eigenvalue weighted by atomic mass is 15.3. The zero-order valence-corrected chi connectivity index (χ0v) is 17.2. The van der Waals surface area contributed by atoms with Gasteiger partial charge in [-0.3, -0.25) is 4.90 Å². The first-order valence-corrected chi connectivity index (χ1v) is 10.7. The van der Waals surface area contributed by atoms with Gasteiger partial charge in [0, 0.05) is 57.1 Å². The summed E-state index contributed by atoms with van der Waals surface area (Å²) >= 11 is 0. The first kappa shape index (κ1) is 18.9. The van der Waals surface area contributed by atoms with Gasteiger partial charge in [0.1, 0.15) is 18.0 Å². The number of rotatable bonds is 6. The summed E-state index contributed by atoms with van der Waals surface area (Å²) < 4.78 is 0. The number of fused-ring (bicyclic) bond motifs is 1. The van der Waals surface area contributed by atoms with Crippen LogP contribution < -0.4 is 15.5 Å². The Labute approximate surface area is 178 Å². The van der Waals surface area contributed by atoms with E-state index in [2.05, 4.69) is 91.1 Å². The molecule has 2 N–H and O–H groups in total. The zero-order valence-electron chi connectivity index (χ0n) is 17.2. The van der Waals surface area contributed by atoms with Crippen LogP contribution in [0.2, 0.25) is 0 Å². The lowest BCUT2D eigenvalue weighted by Gasteiger charge is -2.35. The lowest BCUT2D eigenvalue weighted by Crippen LogP contribution is -2.46. The average molecular weight is 401 g/mol. The molecule has 2 aromatic carbocycles. The molecule has 2 aliphatic heterocycles. The van der Waals surface area contributed by atoms with Crippen molar-refractivity contribution in [3.63, 3.8) is 0 Å². The van der Waals surface area contributed by atoms with Gasteiger partial charge in [-0.25, -0.2) is 9.97 Å². The third kappa shape index (κ3) is 4.39. The van der Waals surface area contributed by atoms with E-state index in [1.165, 1.54) is 16.8 Å². The summed E-state index contributed by atoms with van der Waals surface area (Å²) in [6.07, 6.45) is 2.72. The predicted octanol–water partition coefficient (Wildman–Crippen LogP) is 3.25. The fraction of sp³-hybridized carbons (Fsp3) is 0.333. The molecular formula is C24H28N6. The Morgan fingerprint density at radius 1 is 0.933 bits per heavy atom. The third-order valence-electron chi connectivity index (χ3n) is 5.97. The lowest BCUT2D eigenvalue weighted by atomic mass is 10.1. The van der Waals surface area contributed by atoms with E-state index in [1.54, 1.807) is 6.33 Å². The summed E-state index contributed by atoms with van der Waals surface area (Å²) in [7, 11) is 0. The number of aromatic nitrogens is 2. The Morgan fingerprint density at radius 3 is 2.57 bits per heavy atom. The molecule has 0 amide bonds. The number of anilines is 3. The van der Waals surface area contributed by atoms with Crippen molar-refractivity contribution in [3.8, 4) is 0 Å². The summed E-state index contributed by atoms with van der Waals surface area (Å²) in [6, 6.07) is 21.7. The molecule has 154 valence electrons. The van der Waals surface area contributed by atoms with Crippen molar-refractivity contribution < 1.29 is 0 Å². The van der Waals surface area contributed by atoms with Crippen LogP contribution in [0.5, 0.6) is 0 Å². The molecular weight excluding hydrogens is 372 g/mol. The Hall–Kier alpha value is -3.12. The van der Waals surface area contributed by atoms with Gasteiger partial charge in [0.25, 0.3) is 0 Å². The minimum absolute atomic E-state index is 0.391. The fourth-order valence-electron chi connectivity index (χ4n) is 4.32. The normalized spacial score (nSPS) is 18.7. The van der Waals surface area contributed by atoms with Crippen LogP contribution in [0.15, 0.2) is 67.0 Å². The molecule has 3 aromatic rings. The second kappa shape index (κ2) is 8.71. The quantitative estimate of drug-likeness (QED) is 0.663. The van der Waals surface area contributed by atoms with Gasteiger partial charge in [-0.15, -0.1) is 0 Å². The van der Waals surface area contributed by atoms with Gasteiger partial charge in [0.05, 0.1) is 0 Å². The monoisotopic (exact) mass is 400 g/mol. The van der Waals surface area contributed by atoms with Gasteiger partial charge in [0.2, 0.25) is 0 Å². The minimum Gasteiger partial charge on any atom is -0.380 e. The highest BCUT2D eigenvalue weighted by molar-refractivity contribution is 5.57. The number of hydrogen-bond acceptors (Lipinski definition) is 6. The molecule has 1 aromatic heterocycles. The molecule has 30 heavy (non-hydrogen) atoms. The molecule has 0 bridgehead atoms. The molecule has 0 spiro atoms. The first-order chi connectivity index (χ1) is 14.8. The molecule has 6 nitrogen and oxygen atoms in total. The fourth-order valence-corrected chi connectivity index (χ4v) is 4.32. The van der Waals surface area contributed by atoms with Crippen LogP contribution in [0.1, 0.15) is 11.1 Å². The van der Waals surface area contributed by atoms with Crippen molar-refractivity contribution >= 4 is 17.3 Å². The van der Waals surface area contributed by atoms with E-state index in [9.17, 15) is 0 Å². The van der Waals surface area contributed by atoms with Crippen LogP contribution in [0.4, 0.5) is 17.3 Å². The molecule has 0 saturated carbocycles. The van der Waals surface area contributed by atoms with E-state index in [4.69, 9.17) is 0 Å². The van der Waals surface area contributed by atoms with E-state index in [-0.39, 0.29) is 0 Å². The molecule has 1 saturated heterocycles. The number of piperazine rings is 1. The Balaban J connectivity index is 1.13. The lowest BCUT2D eigenvalue weighted by molar-refractivity contribution is 0.249. The van der Waals surface area contributed by atoms with Crippen molar-refractivity contribution in [2.45, 2.75) is 19.0 Å². The van der Waals surface area contributed by atoms with Crippen molar-refractivity contribution in [1.29, 1.82) is 0 Å². The average Bonchev–Trinajstić information content (AvgIpc) is 3.22. The van der Waals surface area contributed by atoms with E-state index >= 15 is 0 Å². The number of nitrogens with one attached hydrogen (secondary N) is 2. The number of nitrogens with zero attached hydrogens (tertiary/aromatic N) is 4. The predicted molar refractivity (Wildman–Crippen MR) is 122 cm³/mol. The van der Waals surface area contributed by atoms with E-state index in [0.717, 1.165) is 57.3 Å². The van der Waals surface area contributed by atoms with Gasteiger partial charge in [-0.2, -0.15) is 0 Å². The molecule has 1 atom stereocenters.